The van der Waals surface area contributed by atoms with Crippen LogP contribution in [0.25, 0.3) is 0 Å². The van der Waals surface area contributed by atoms with Crippen LogP contribution in [0, 0.1) is 51.2 Å². The first-order valence-corrected chi connectivity index (χ1v) is 37.8. The molecule has 0 heterocycles. The number of ketones is 3. The molecule has 21 nitrogen and oxygen atoms in total. The Kier molecular flexibility index (Phi) is 29.9. The zero-order valence-corrected chi connectivity index (χ0v) is 67.3. The van der Waals surface area contributed by atoms with E-state index < -0.39 is 52.2 Å². The fraction of sp³-hybridized carbons (Fsp3) is 0.393. The molecule has 0 aromatic heterocycles. The van der Waals surface area contributed by atoms with Crippen LogP contribution in [0.2, 0.25) is 0 Å². The minimum absolute atomic E-state index is 0.0620. The van der Waals surface area contributed by atoms with E-state index in [0.717, 1.165) is 46.5 Å². The number of amides is 6. The average molecular weight is 1490 g/mol. The van der Waals surface area contributed by atoms with Gasteiger partial charge >= 0.3 is 0 Å². The molecule has 9 N–H and O–H groups in total. The molecule has 21 heteroatoms. The van der Waals surface area contributed by atoms with Gasteiger partial charge in [-0.05, 0) is 185 Å². The van der Waals surface area contributed by atoms with Crippen LogP contribution in [0.4, 0.5) is 51.2 Å². The minimum atomic E-state index is -1.02. The Balaban J connectivity index is 1.08. The second kappa shape index (κ2) is 38.2. The third-order valence-corrected chi connectivity index (χ3v) is 21.6. The Bertz CT molecular complexity index is 4280. The van der Waals surface area contributed by atoms with Crippen molar-refractivity contribution in [3.8, 4) is 0 Å². The molecule has 0 aliphatic carbocycles. The number of hydrazone groups is 3. The summed E-state index contributed by atoms with van der Waals surface area (Å²) in [5.41, 5.74) is 11.3. The first-order valence-electron chi connectivity index (χ1n) is 37.8. The Hall–Kier alpha value is -11.2. The second-order valence-corrected chi connectivity index (χ2v) is 32.4. The highest BCUT2D eigenvalue weighted by Gasteiger charge is 2.41. The molecule has 0 aliphatic rings. The molecule has 0 saturated carbocycles. The van der Waals surface area contributed by atoms with Gasteiger partial charge in [0.1, 0.15) is 0 Å². The third kappa shape index (κ3) is 24.1. The van der Waals surface area contributed by atoms with Crippen molar-refractivity contribution < 1.29 is 43.2 Å². The van der Waals surface area contributed by atoms with E-state index in [0.29, 0.717) is 46.0 Å². The lowest BCUT2D eigenvalue weighted by Gasteiger charge is -2.42. The van der Waals surface area contributed by atoms with Gasteiger partial charge in [0.25, 0.3) is 17.7 Å². The van der Waals surface area contributed by atoms with Gasteiger partial charge in [-0.3, -0.25) is 59.4 Å². The zero-order chi connectivity index (χ0) is 81.0. The summed E-state index contributed by atoms with van der Waals surface area (Å²) in [5.74, 6) is -5.46. The van der Waals surface area contributed by atoms with Gasteiger partial charge in [0, 0.05) is 72.6 Å². The number of anilines is 9. The Morgan fingerprint density at radius 3 is 0.845 bits per heavy atom. The summed E-state index contributed by atoms with van der Waals surface area (Å²) in [7, 11) is 0. The van der Waals surface area contributed by atoms with Crippen molar-refractivity contribution in [3.05, 3.63) is 199 Å². The highest BCUT2D eigenvalue weighted by Crippen LogP contribution is 2.49. The zero-order valence-electron chi connectivity index (χ0n) is 67.3. The van der Waals surface area contributed by atoms with Gasteiger partial charge in [0.2, 0.25) is 17.7 Å². The van der Waals surface area contributed by atoms with Crippen molar-refractivity contribution in [2.24, 2.45) is 66.6 Å². The number of nitrogens with zero attached hydrogens (tertiary/aromatic N) is 3. The molecule has 582 valence electrons. The molecule has 0 spiro atoms. The summed E-state index contributed by atoms with van der Waals surface area (Å²) < 4.78 is 0. The number of carbonyl (C=O) groups is 9. The highest BCUT2D eigenvalue weighted by molar-refractivity contribution is 6.68. The number of carbonyl (C=O) groups excluding carboxylic acids is 9. The molecule has 6 amide bonds. The number of hydrogen-bond acceptors (Lipinski definition) is 15. The topological polar surface area (TPSA) is 299 Å². The lowest BCUT2D eigenvalue weighted by Crippen LogP contribution is -2.37. The quantitative estimate of drug-likeness (QED) is 0.0101. The monoisotopic (exact) mass is 1490 g/mol. The van der Waals surface area contributed by atoms with Crippen molar-refractivity contribution in [2.75, 3.05) is 48.2 Å². The van der Waals surface area contributed by atoms with Crippen LogP contribution >= 0.6 is 0 Å². The predicted octanol–water partition coefficient (Wildman–Crippen LogP) is 18.7. The summed E-state index contributed by atoms with van der Waals surface area (Å²) >= 11 is 0. The summed E-state index contributed by atoms with van der Waals surface area (Å²) in [4.78, 5) is 124. The number of Topliss-reactive ketones (excluding diaryl/α,β-unsaturated/α-hetero) is 3. The molecule has 0 bridgehead atoms. The first-order chi connectivity index (χ1) is 51.8. The lowest BCUT2D eigenvalue weighted by molar-refractivity contribution is -0.124. The summed E-state index contributed by atoms with van der Waals surface area (Å²) in [5, 5.41) is 29.4. The average Bonchev–Trinajstić information content (AvgIpc) is 0.759. The van der Waals surface area contributed by atoms with E-state index in [2.05, 4.69) is 190 Å². The highest BCUT2D eigenvalue weighted by atomic mass is 16.2. The van der Waals surface area contributed by atoms with Crippen molar-refractivity contribution in [1.82, 2.24) is 0 Å². The van der Waals surface area contributed by atoms with E-state index in [1.165, 1.54) is 34.9 Å². The maximum absolute atomic E-state index is 14.2. The van der Waals surface area contributed by atoms with Crippen LogP contribution in [0.15, 0.2) is 197 Å². The minimum Gasteiger partial charge on any atom is -0.326 e. The fourth-order valence-electron chi connectivity index (χ4n) is 13.4. The van der Waals surface area contributed by atoms with E-state index in [9.17, 15) is 43.2 Å². The van der Waals surface area contributed by atoms with Gasteiger partial charge in [0.05, 0.1) is 17.1 Å². The molecule has 0 saturated heterocycles. The molecule has 7 unspecified atom stereocenters. The molecular formula is C89H112N12O9. The molecule has 7 aromatic carbocycles. The standard InChI is InChI=1S/C89H112N12O9/c1-20-89(19,53-76(86(12,13)14)64-34-28-23-29-35-64)58(8)82(107)92-67-40-46-70(47-41-67)98-101-79(61(11)104)85(110)95-73-49-71(93-83(108)77(59(9)102)99-96-68-42-36-65(37-43-68)90-80(105)56(6)87(15,16)51-74(54(2)3)62-30-24-21-25-31-62)48-72(50-73)94-84(109)78(60(10)103)100-97-69-44-38-66(39-45-69)91-81(106)57(7)88(17,18)52-75(55(4)5)63-32-26-22-27-33-63/h21-50,54-58,74-76,96-98H,20,51-53H2,1-19H3,(H,90,105)(H,91,106)(H,92,107)(H,93,108)(H,94,109)(H,95,110)/b99-77-,100-78-,101-79-. The van der Waals surface area contributed by atoms with Gasteiger partial charge in [-0.25, -0.2) is 0 Å². The first kappa shape index (κ1) is 86.0. The van der Waals surface area contributed by atoms with Crippen LogP contribution in [0.5, 0.6) is 0 Å². The van der Waals surface area contributed by atoms with Gasteiger partial charge < -0.3 is 31.9 Å². The summed E-state index contributed by atoms with van der Waals surface area (Å²) in [6.45, 7) is 37.3. The van der Waals surface area contributed by atoms with Gasteiger partial charge in [-0.15, -0.1) is 0 Å². The maximum atomic E-state index is 14.2. The van der Waals surface area contributed by atoms with E-state index in [4.69, 9.17) is 0 Å². The van der Waals surface area contributed by atoms with Gasteiger partial charge in [0.15, 0.2) is 34.5 Å². The summed E-state index contributed by atoms with van der Waals surface area (Å²) in [6, 6.07) is 54.6. The van der Waals surface area contributed by atoms with Crippen molar-refractivity contribution in [1.29, 1.82) is 0 Å². The number of rotatable bonds is 36. The van der Waals surface area contributed by atoms with Gasteiger partial charge in [-0.2, -0.15) is 15.3 Å². The largest absolute Gasteiger partial charge is 0.326 e. The number of nitrogens with one attached hydrogen (secondary N) is 9. The Labute approximate surface area is 649 Å². The Morgan fingerprint density at radius 1 is 0.327 bits per heavy atom. The van der Waals surface area contributed by atoms with Crippen LogP contribution in [0.3, 0.4) is 0 Å². The summed E-state index contributed by atoms with van der Waals surface area (Å²) in [6.07, 6.45) is 3.14. The fourth-order valence-corrected chi connectivity index (χ4v) is 13.4. The Morgan fingerprint density at radius 2 is 0.591 bits per heavy atom. The van der Waals surface area contributed by atoms with E-state index in [1.807, 2.05) is 75.4 Å². The number of benzene rings is 7. The lowest BCUT2D eigenvalue weighted by atomic mass is 9.63. The molecule has 7 aromatic rings. The molecule has 7 atom stereocenters. The smallest absolute Gasteiger partial charge is 0.279 e. The van der Waals surface area contributed by atoms with Crippen molar-refractivity contribution in [3.63, 3.8) is 0 Å². The van der Waals surface area contributed by atoms with E-state index in [-0.39, 0.29) is 92.0 Å². The molecule has 0 fully saturated rings. The van der Waals surface area contributed by atoms with Crippen molar-refractivity contribution >= 4 is 121 Å². The third-order valence-electron chi connectivity index (χ3n) is 21.6. The van der Waals surface area contributed by atoms with Crippen LogP contribution in [-0.4, -0.2) is 69.9 Å². The molecule has 7 rings (SSSR count). The molecule has 110 heavy (non-hydrogen) atoms. The van der Waals surface area contributed by atoms with Crippen molar-refractivity contribution in [2.45, 2.75) is 175 Å². The predicted molar refractivity (Wildman–Crippen MR) is 447 cm³/mol. The SMILES string of the molecule is CCC(C)(CC(c1ccccc1)C(C)(C)C)C(C)C(=O)Nc1ccc(N/N=C(/C(C)=O)C(=O)Nc2cc(NC(=O)/C(=N\Nc3ccc(NC(=O)C(C)C(C)(C)CC(c4ccccc4)C(C)C)cc3)C(C)=O)cc(NC(=O)/C(=N\Nc3ccc(NC(=O)C(C)C(C)(C)CC(c4ccccc4)C(C)C)cc3)C(C)=O)c2)cc1. The normalized spacial score (nSPS) is 14.4. The molecule has 0 radical (unpaired) electrons. The second-order valence-electron chi connectivity index (χ2n) is 32.4. The van der Waals surface area contributed by atoms with Gasteiger partial charge in [-0.1, -0.05) is 202 Å². The van der Waals surface area contributed by atoms with Crippen LogP contribution < -0.4 is 48.2 Å². The molecular weight excluding hydrogens is 1380 g/mol. The number of hydrogen-bond donors (Lipinski definition) is 9. The van der Waals surface area contributed by atoms with Crippen LogP contribution in [-0.2, 0) is 43.2 Å². The van der Waals surface area contributed by atoms with Crippen LogP contribution in [0.1, 0.15) is 192 Å². The molecule has 0 aliphatic heterocycles. The van der Waals surface area contributed by atoms with E-state index >= 15 is 0 Å². The maximum Gasteiger partial charge on any atom is 0.279 e. The van der Waals surface area contributed by atoms with E-state index in [1.54, 1.807) is 72.8 Å².